The largest absolute Gasteiger partial charge is 0.481 e. The standard InChI is InChI=1S/C15H20Cl2N2O4/c1-10(14(20)21)8-19(2)15(22)18-5-6-23-9-11-3-4-12(16)7-13(11)17/h3-4,7,10H,5-6,8-9H2,1-2H3,(H,18,22)(H,20,21). The SMILES string of the molecule is CC(CN(C)C(=O)NCCOCc1ccc(Cl)cc1Cl)C(=O)O. The van der Waals surface area contributed by atoms with E-state index in [0.29, 0.717) is 29.8 Å². The lowest BCUT2D eigenvalue weighted by Gasteiger charge is -2.20. The Morgan fingerprint density at radius 1 is 1.39 bits per heavy atom. The molecular weight excluding hydrogens is 343 g/mol. The van der Waals surface area contributed by atoms with Crippen LogP contribution in [0.15, 0.2) is 18.2 Å². The van der Waals surface area contributed by atoms with Gasteiger partial charge in [0.15, 0.2) is 0 Å². The number of amides is 2. The van der Waals surface area contributed by atoms with Crippen LogP contribution in [0.1, 0.15) is 12.5 Å². The van der Waals surface area contributed by atoms with Gasteiger partial charge in [-0.05, 0) is 17.7 Å². The fourth-order valence-electron chi connectivity index (χ4n) is 1.76. The second-order valence-electron chi connectivity index (χ2n) is 5.14. The Hall–Kier alpha value is -1.50. The van der Waals surface area contributed by atoms with Crippen LogP contribution in [0.25, 0.3) is 0 Å². The van der Waals surface area contributed by atoms with Gasteiger partial charge in [0.2, 0.25) is 0 Å². The van der Waals surface area contributed by atoms with Crippen molar-refractivity contribution >= 4 is 35.2 Å². The number of ether oxygens (including phenoxy) is 1. The summed E-state index contributed by atoms with van der Waals surface area (Å²) in [6.45, 7) is 2.63. The fraction of sp³-hybridized carbons (Fsp3) is 0.467. The summed E-state index contributed by atoms with van der Waals surface area (Å²) in [6.07, 6.45) is 0. The second kappa shape index (κ2) is 9.60. The summed E-state index contributed by atoms with van der Waals surface area (Å²) in [4.78, 5) is 23.8. The van der Waals surface area contributed by atoms with Crippen LogP contribution in [0.2, 0.25) is 10.0 Å². The minimum Gasteiger partial charge on any atom is -0.481 e. The molecule has 0 aliphatic heterocycles. The van der Waals surface area contributed by atoms with E-state index >= 15 is 0 Å². The molecule has 0 spiro atoms. The normalized spacial score (nSPS) is 11.8. The Morgan fingerprint density at radius 3 is 2.70 bits per heavy atom. The Kier molecular flexibility index (Phi) is 8.16. The quantitative estimate of drug-likeness (QED) is 0.696. The summed E-state index contributed by atoms with van der Waals surface area (Å²) in [5.41, 5.74) is 0.815. The molecule has 0 saturated carbocycles. The van der Waals surface area contributed by atoms with E-state index in [9.17, 15) is 9.59 Å². The number of nitrogens with zero attached hydrogens (tertiary/aromatic N) is 1. The molecule has 0 aliphatic carbocycles. The van der Waals surface area contributed by atoms with Gasteiger partial charge in [-0.1, -0.05) is 36.2 Å². The van der Waals surface area contributed by atoms with E-state index in [4.69, 9.17) is 33.0 Å². The van der Waals surface area contributed by atoms with Gasteiger partial charge in [0.25, 0.3) is 0 Å². The van der Waals surface area contributed by atoms with Crippen LogP contribution in [0.3, 0.4) is 0 Å². The summed E-state index contributed by atoms with van der Waals surface area (Å²) in [5.74, 6) is -1.55. The monoisotopic (exact) mass is 362 g/mol. The number of benzene rings is 1. The number of hydrogen-bond acceptors (Lipinski definition) is 3. The highest BCUT2D eigenvalue weighted by Gasteiger charge is 2.16. The first kappa shape index (κ1) is 19.5. The lowest BCUT2D eigenvalue weighted by atomic mass is 10.2. The molecule has 1 unspecified atom stereocenters. The van der Waals surface area contributed by atoms with Crippen LogP contribution in [0.4, 0.5) is 4.79 Å². The first-order valence-electron chi connectivity index (χ1n) is 7.04. The maximum atomic E-state index is 11.8. The first-order valence-corrected chi connectivity index (χ1v) is 7.80. The van der Waals surface area contributed by atoms with Crippen LogP contribution >= 0.6 is 23.2 Å². The van der Waals surface area contributed by atoms with Crippen molar-refractivity contribution in [2.24, 2.45) is 5.92 Å². The van der Waals surface area contributed by atoms with Crippen LogP contribution in [0.5, 0.6) is 0 Å². The molecule has 2 N–H and O–H groups in total. The molecule has 6 nitrogen and oxygen atoms in total. The van der Waals surface area contributed by atoms with Crippen molar-refractivity contribution in [1.82, 2.24) is 10.2 Å². The average molecular weight is 363 g/mol. The Balaban J connectivity index is 2.24. The predicted octanol–water partition coefficient (Wildman–Crippen LogP) is 2.87. The van der Waals surface area contributed by atoms with E-state index in [0.717, 1.165) is 5.56 Å². The molecule has 8 heteroatoms. The Morgan fingerprint density at radius 2 is 2.09 bits per heavy atom. The molecule has 0 aromatic heterocycles. The van der Waals surface area contributed by atoms with E-state index in [1.54, 1.807) is 32.2 Å². The van der Waals surface area contributed by atoms with Gasteiger partial charge in [0.1, 0.15) is 0 Å². The molecule has 128 valence electrons. The van der Waals surface area contributed by atoms with Crippen molar-refractivity contribution in [3.8, 4) is 0 Å². The third-order valence-electron chi connectivity index (χ3n) is 3.11. The van der Waals surface area contributed by atoms with Crippen molar-refractivity contribution < 1.29 is 19.4 Å². The molecule has 0 heterocycles. The van der Waals surface area contributed by atoms with Crippen molar-refractivity contribution in [3.05, 3.63) is 33.8 Å². The summed E-state index contributed by atoms with van der Waals surface area (Å²) < 4.78 is 5.43. The van der Waals surface area contributed by atoms with Gasteiger partial charge in [-0.25, -0.2) is 4.79 Å². The smallest absolute Gasteiger partial charge is 0.317 e. The number of carbonyl (C=O) groups excluding carboxylic acids is 1. The zero-order chi connectivity index (χ0) is 17.4. The zero-order valence-corrected chi connectivity index (χ0v) is 14.5. The Bertz CT molecular complexity index is 554. The number of halogens is 2. The molecular formula is C15H20Cl2N2O4. The highest BCUT2D eigenvalue weighted by Crippen LogP contribution is 2.21. The molecule has 0 radical (unpaired) electrons. The summed E-state index contributed by atoms with van der Waals surface area (Å²) >= 11 is 11.8. The fourth-order valence-corrected chi connectivity index (χ4v) is 2.22. The van der Waals surface area contributed by atoms with Crippen LogP contribution in [-0.4, -0.2) is 48.8 Å². The lowest BCUT2D eigenvalue weighted by molar-refractivity contribution is -0.141. The highest BCUT2D eigenvalue weighted by molar-refractivity contribution is 6.35. The summed E-state index contributed by atoms with van der Waals surface area (Å²) in [7, 11) is 1.54. The number of rotatable bonds is 8. The molecule has 23 heavy (non-hydrogen) atoms. The van der Waals surface area contributed by atoms with Crippen molar-refractivity contribution in [2.75, 3.05) is 26.7 Å². The van der Waals surface area contributed by atoms with Crippen molar-refractivity contribution in [2.45, 2.75) is 13.5 Å². The van der Waals surface area contributed by atoms with Gasteiger partial charge in [-0.3, -0.25) is 4.79 Å². The van der Waals surface area contributed by atoms with Gasteiger partial charge in [0, 0.05) is 30.2 Å². The van der Waals surface area contributed by atoms with Crippen molar-refractivity contribution in [3.63, 3.8) is 0 Å². The van der Waals surface area contributed by atoms with Gasteiger partial charge in [-0.2, -0.15) is 0 Å². The molecule has 1 aromatic carbocycles. The summed E-state index contributed by atoms with van der Waals surface area (Å²) in [5, 5.41) is 12.6. The minimum atomic E-state index is -0.937. The van der Waals surface area contributed by atoms with Crippen LogP contribution in [0, 0.1) is 5.92 Å². The third-order valence-corrected chi connectivity index (χ3v) is 3.70. The molecule has 0 saturated heterocycles. The number of aliphatic carboxylic acids is 1. The number of nitrogens with one attached hydrogen (secondary N) is 1. The topological polar surface area (TPSA) is 78.9 Å². The molecule has 0 fully saturated rings. The number of urea groups is 1. The predicted molar refractivity (Wildman–Crippen MR) is 88.9 cm³/mol. The van der Waals surface area contributed by atoms with Gasteiger partial charge < -0.3 is 20.1 Å². The molecule has 0 bridgehead atoms. The highest BCUT2D eigenvalue weighted by atomic mass is 35.5. The van der Waals surface area contributed by atoms with E-state index in [2.05, 4.69) is 5.32 Å². The summed E-state index contributed by atoms with van der Waals surface area (Å²) in [6, 6.07) is 4.81. The number of hydrogen-bond donors (Lipinski definition) is 2. The number of carbonyl (C=O) groups is 2. The maximum absolute atomic E-state index is 11.8. The Labute approximate surface area is 145 Å². The average Bonchev–Trinajstić information content (AvgIpc) is 2.48. The number of carboxylic acid groups (broad SMARTS) is 1. The van der Waals surface area contributed by atoms with Crippen molar-refractivity contribution in [1.29, 1.82) is 0 Å². The third kappa shape index (κ3) is 7.07. The van der Waals surface area contributed by atoms with E-state index in [1.807, 2.05) is 0 Å². The lowest BCUT2D eigenvalue weighted by Crippen LogP contribution is -2.41. The molecule has 1 atom stereocenters. The molecule has 0 aliphatic rings. The van der Waals surface area contributed by atoms with E-state index in [1.165, 1.54) is 4.90 Å². The zero-order valence-electron chi connectivity index (χ0n) is 13.0. The van der Waals surface area contributed by atoms with Crippen LogP contribution in [-0.2, 0) is 16.1 Å². The molecule has 1 aromatic rings. The molecule has 2 amide bonds. The van der Waals surface area contributed by atoms with Gasteiger partial charge in [-0.15, -0.1) is 0 Å². The van der Waals surface area contributed by atoms with Gasteiger partial charge >= 0.3 is 12.0 Å². The first-order chi connectivity index (χ1) is 10.8. The number of carboxylic acids is 1. The van der Waals surface area contributed by atoms with E-state index in [-0.39, 0.29) is 12.6 Å². The minimum absolute atomic E-state index is 0.141. The van der Waals surface area contributed by atoms with E-state index < -0.39 is 11.9 Å². The van der Waals surface area contributed by atoms with Gasteiger partial charge in [0.05, 0.1) is 19.1 Å². The second-order valence-corrected chi connectivity index (χ2v) is 5.98. The molecule has 1 rings (SSSR count). The van der Waals surface area contributed by atoms with Crippen LogP contribution < -0.4 is 5.32 Å². The maximum Gasteiger partial charge on any atom is 0.317 e.